The van der Waals surface area contributed by atoms with Gasteiger partial charge in [0, 0.05) is 18.5 Å². The Morgan fingerprint density at radius 2 is 2.00 bits per heavy atom. The topological polar surface area (TPSA) is 66.1 Å². The third kappa shape index (κ3) is 4.42. The quantitative estimate of drug-likeness (QED) is 0.682. The van der Waals surface area contributed by atoms with E-state index in [1.165, 1.54) is 28.7 Å². The van der Waals surface area contributed by atoms with Gasteiger partial charge in [-0.05, 0) is 37.5 Å². The van der Waals surface area contributed by atoms with Crippen LogP contribution in [-0.4, -0.2) is 33.6 Å². The third-order valence-electron chi connectivity index (χ3n) is 4.65. The normalized spacial score (nSPS) is 11.1. The first-order chi connectivity index (χ1) is 12.9. The summed E-state index contributed by atoms with van der Waals surface area (Å²) in [6, 6.07) is 8.08. The van der Waals surface area contributed by atoms with Gasteiger partial charge in [-0.25, -0.2) is 4.98 Å². The van der Waals surface area contributed by atoms with Crippen molar-refractivity contribution < 1.29 is 4.79 Å². The van der Waals surface area contributed by atoms with Crippen molar-refractivity contribution in [1.29, 1.82) is 0 Å². The zero-order valence-electron chi connectivity index (χ0n) is 16.0. The molecule has 1 N–H and O–H groups in total. The average Bonchev–Trinajstić information content (AvgIpc) is 2.91. The summed E-state index contributed by atoms with van der Waals surface area (Å²) in [6.07, 6.45) is 0. The second kappa shape index (κ2) is 8.27. The number of carbonyl (C=O) groups is 1. The number of H-pyrrole nitrogens is 1. The van der Waals surface area contributed by atoms with Crippen molar-refractivity contribution >= 4 is 39.2 Å². The highest BCUT2D eigenvalue weighted by atomic mass is 32.2. The van der Waals surface area contributed by atoms with Crippen LogP contribution in [0.25, 0.3) is 10.2 Å². The lowest BCUT2D eigenvalue weighted by atomic mass is 10.1. The van der Waals surface area contributed by atoms with Crippen molar-refractivity contribution in [3.8, 4) is 0 Å². The molecule has 1 amide bonds. The van der Waals surface area contributed by atoms with Gasteiger partial charge in [0.25, 0.3) is 5.56 Å². The number of carbonyl (C=O) groups excluding carboxylic acids is 1. The van der Waals surface area contributed by atoms with Crippen LogP contribution in [0.2, 0.25) is 0 Å². The van der Waals surface area contributed by atoms with Crippen LogP contribution in [0.4, 0.5) is 0 Å². The van der Waals surface area contributed by atoms with Crippen LogP contribution in [0.1, 0.15) is 27.4 Å². The highest BCUT2D eigenvalue weighted by molar-refractivity contribution is 7.99. The second-order valence-corrected chi connectivity index (χ2v) is 8.83. The van der Waals surface area contributed by atoms with Crippen molar-refractivity contribution in [3.63, 3.8) is 0 Å². The molecule has 0 saturated carbocycles. The van der Waals surface area contributed by atoms with Crippen LogP contribution < -0.4 is 5.56 Å². The number of nitrogens with one attached hydrogen (secondary N) is 1. The summed E-state index contributed by atoms with van der Waals surface area (Å²) >= 11 is 3.01. The van der Waals surface area contributed by atoms with Crippen LogP contribution in [0.3, 0.4) is 0 Å². The minimum Gasteiger partial charge on any atom is -0.341 e. The van der Waals surface area contributed by atoms with E-state index in [9.17, 15) is 9.59 Å². The number of aromatic nitrogens is 2. The molecule has 0 bridgehead atoms. The molecule has 3 rings (SSSR count). The second-order valence-electron chi connectivity index (χ2n) is 6.65. The molecule has 2 heterocycles. The van der Waals surface area contributed by atoms with Crippen LogP contribution in [-0.2, 0) is 17.1 Å². The Balaban J connectivity index is 1.59. The predicted molar refractivity (Wildman–Crippen MR) is 114 cm³/mol. The van der Waals surface area contributed by atoms with Crippen LogP contribution in [0.15, 0.2) is 29.1 Å². The summed E-state index contributed by atoms with van der Waals surface area (Å²) in [5.74, 6) is 1.54. The van der Waals surface area contributed by atoms with Gasteiger partial charge in [0.15, 0.2) is 0 Å². The Hall–Kier alpha value is -2.12. The van der Waals surface area contributed by atoms with Gasteiger partial charge in [0.2, 0.25) is 5.91 Å². The number of thioether (sulfide) groups is 1. The number of rotatable bonds is 6. The number of benzene rings is 1. The van der Waals surface area contributed by atoms with E-state index in [2.05, 4.69) is 23.0 Å². The number of thiophene rings is 1. The first kappa shape index (κ1) is 19.6. The zero-order chi connectivity index (χ0) is 19.6. The lowest BCUT2D eigenvalue weighted by Crippen LogP contribution is -2.28. The van der Waals surface area contributed by atoms with Gasteiger partial charge in [-0.3, -0.25) is 9.59 Å². The molecule has 0 atom stereocenters. The van der Waals surface area contributed by atoms with Crippen molar-refractivity contribution in [2.24, 2.45) is 0 Å². The molecule has 7 heteroatoms. The molecular weight excluding hydrogens is 378 g/mol. The van der Waals surface area contributed by atoms with Crippen molar-refractivity contribution in [1.82, 2.24) is 14.9 Å². The molecule has 0 unspecified atom stereocenters. The summed E-state index contributed by atoms with van der Waals surface area (Å²) < 4.78 is 0. The van der Waals surface area contributed by atoms with Crippen LogP contribution in [0.5, 0.6) is 0 Å². The molecule has 0 saturated heterocycles. The molecule has 5 nitrogen and oxygen atoms in total. The van der Waals surface area contributed by atoms with Gasteiger partial charge in [0.1, 0.15) is 10.7 Å². The molecule has 142 valence electrons. The predicted octanol–water partition coefficient (Wildman–Crippen LogP) is 3.80. The molecule has 3 aromatic rings. The molecule has 27 heavy (non-hydrogen) atoms. The summed E-state index contributed by atoms with van der Waals surface area (Å²) in [5, 5.41) is 0.681. The number of hydrogen-bond donors (Lipinski definition) is 1. The molecule has 0 aliphatic carbocycles. The maximum absolute atomic E-state index is 12.4. The molecule has 0 aliphatic heterocycles. The Bertz CT molecular complexity index is 1040. The maximum atomic E-state index is 12.4. The summed E-state index contributed by atoms with van der Waals surface area (Å²) in [7, 11) is 1.82. The third-order valence-corrected chi connectivity index (χ3v) is 6.68. The molecule has 1 aromatic carbocycles. The first-order valence-corrected chi connectivity index (χ1v) is 10.7. The number of fused-ring (bicyclic) bond motifs is 1. The zero-order valence-corrected chi connectivity index (χ0v) is 17.6. The summed E-state index contributed by atoms with van der Waals surface area (Å²) in [6.45, 7) is 6.59. The van der Waals surface area contributed by atoms with Gasteiger partial charge in [0.05, 0.1) is 16.9 Å². The first-order valence-electron chi connectivity index (χ1n) is 8.72. The highest BCUT2D eigenvalue weighted by Gasteiger charge is 2.13. The summed E-state index contributed by atoms with van der Waals surface area (Å²) in [4.78, 5) is 35.7. The van der Waals surface area contributed by atoms with E-state index < -0.39 is 0 Å². The Morgan fingerprint density at radius 3 is 2.74 bits per heavy atom. The Morgan fingerprint density at radius 1 is 1.26 bits per heavy atom. The van der Waals surface area contributed by atoms with E-state index in [4.69, 9.17) is 0 Å². The lowest BCUT2D eigenvalue weighted by Gasteiger charge is -2.18. The molecule has 0 radical (unpaired) electrons. The van der Waals surface area contributed by atoms with Gasteiger partial charge >= 0.3 is 0 Å². The van der Waals surface area contributed by atoms with E-state index in [0.717, 1.165) is 20.8 Å². The smallest absolute Gasteiger partial charge is 0.259 e. The number of aromatic amines is 1. The Labute approximate surface area is 166 Å². The number of aryl methyl sites for hydroxylation is 3. The van der Waals surface area contributed by atoms with Crippen molar-refractivity contribution in [3.05, 3.63) is 62.0 Å². The fourth-order valence-electron chi connectivity index (χ4n) is 2.84. The molecule has 0 spiro atoms. The monoisotopic (exact) mass is 401 g/mol. The summed E-state index contributed by atoms with van der Waals surface area (Å²) in [5.41, 5.74) is 3.23. The largest absolute Gasteiger partial charge is 0.341 e. The van der Waals surface area contributed by atoms with E-state index in [1.54, 1.807) is 4.90 Å². The number of nitrogens with zero attached hydrogens (tertiary/aromatic N) is 2. The van der Waals surface area contributed by atoms with Gasteiger partial charge in [-0.15, -0.1) is 23.1 Å². The highest BCUT2D eigenvalue weighted by Crippen LogP contribution is 2.26. The van der Waals surface area contributed by atoms with Gasteiger partial charge in [-0.1, -0.05) is 24.3 Å². The standard InChI is InChI=1S/C20H23N3O2S2/c1-12-7-5-6-8-15(12)9-23(4)17(24)11-26-10-16-21-19(25)18-13(2)14(3)27-20(18)22-16/h5-8H,9-11H2,1-4H3,(H,21,22,25). The fourth-order valence-corrected chi connectivity index (χ4v) is 4.72. The van der Waals surface area contributed by atoms with E-state index in [-0.39, 0.29) is 11.5 Å². The fraction of sp³-hybridized carbons (Fsp3) is 0.350. The van der Waals surface area contributed by atoms with Crippen molar-refractivity contribution in [2.45, 2.75) is 33.1 Å². The SMILES string of the molecule is Cc1ccccc1CN(C)C(=O)CSCc1nc2sc(C)c(C)c2c(=O)[nH]1. The molecule has 0 aliphatic rings. The van der Waals surface area contributed by atoms with Gasteiger partial charge < -0.3 is 9.88 Å². The minimum atomic E-state index is -0.0968. The molecular formula is C20H23N3O2S2. The average molecular weight is 402 g/mol. The van der Waals surface area contributed by atoms with E-state index in [1.807, 2.05) is 39.1 Å². The van der Waals surface area contributed by atoms with Crippen LogP contribution in [0, 0.1) is 20.8 Å². The maximum Gasteiger partial charge on any atom is 0.259 e. The lowest BCUT2D eigenvalue weighted by molar-refractivity contribution is -0.127. The van der Waals surface area contributed by atoms with Crippen LogP contribution >= 0.6 is 23.1 Å². The van der Waals surface area contributed by atoms with E-state index >= 15 is 0 Å². The number of amides is 1. The van der Waals surface area contributed by atoms with Gasteiger partial charge in [-0.2, -0.15) is 0 Å². The Kier molecular flexibility index (Phi) is 6.01. The number of hydrogen-bond acceptors (Lipinski definition) is 5. The molecule has 2 aromatic heterocycles. The van der Waals surface area contributed by atoms with Crippen molar-refractivity contribution in [2.75, 3.05) is 12.8 Å². The van der Waals surface area contributed by atoms with E-state index in [0.29, 0.717) is 29.3 Å². The minimum absolute atomic E-state index is 0.0643. The molecule has 0 fully saturated rings.